The third-order valence-electron chi connectivity index (χ3n) is 3.83. The van der Waals surface area contributed by atoms with Gasteiger partial charge in [-0.25, -0.2) is 0 Å². The first-order chi connectivity index (χ1) is 6.12. The minimum Gasteiger partial charge on any atom is -0.198 e. The van der Waals surface area contributed by atoms with Gasteiger partial charge in [0.15, 0.2) is 0 Å². The van der Waals surface area contributed by atoms with E-state index in [1.807, 2.05) is 0 Å². The van der Waals surface area contributed by atoms with Crippen molar-refractivity contribution in [3.8, 4) is 6.07 Å². The lowest BCUT2D eigenvalue weighted by atomic mass is 9.67. The van der Waals surface area contributed by atoms with Crippen LogP contribution in [0, 0.1) is 28.6 Å². The smallest absolute Gasteiger partial charge is 0.0689 e. The van der Waals surface area contributed by atoms with Crippen LogP contribution in [0.1, 0.15) is 52.9 Å². The molecule has 0 spiro atoms. The molecule has 1 rings (SSSR count). The molecule has 0 aromatic rings. The normalized spacial score (nSPS) is 33.4. The Morgan fingerprint density at radius 2 is 2.15 bits per heavy atom. The van der Waals surface area contributed by atoms with Crippen LogP contribution in [0.3, 0.4) is 0 Å². The Bertz CT molecular complexity index is 204. The highest BCUT2D eigenvalue weighted by atomic mass is 14.4. The number of hydrogen-bond donors (Lipinski definition) is 0. The minimum absolute atomic E-state index is 0.0608. The summed E-state index contributed by atoms with van der Waals surface area (Å²) in [5.41, 5.74) is -0.0608. The van der Waals surface area contributed by atoms with Crippen molar-refractivity contribution in [1.29, 1.82) is 5.26 Å². The van der Waals surface area contributed by atoms with Gasteiger partial charge in [0, 0.05) is 0 Å². The predicted octanol–water partition coefficient (Wildman–Crippen LogP) is 3.75. The molecule has 0 aliphatic heterocycles. The van der Waals surface area contributed by atoms with Crippen LogP contribution in [-0.2, 0) is 0 Å². The molecule has 13 heavy (non-hydrogen) atoms. The average Bonchev–Trinajstić information content (AvgIpc) is 2.17. The second kappa shape index (κ2) is 4.13. The number of nitriles is 1. The summed E-state index contributed by atoms with van der Waals surface area (Å²) < 4.78 is 0. The van der Waals surface area contributed by atoms with Crippen molar-refractivity contribution in [2.45, 2.75) is 52.9 Å². The third-order valence-corrected chi connectivity index (χ3v) is 3.83. The molecule has 0 radical (unpaired) electrons. The Labute approximate surface area is 82.1 Å². The molecule has 1 aliphatic rings. The molecule has 74 valence electrons. The molecule has 1 saturated carbocycles. The van der Waals surface area contributed by atoms with Gasteiger partial charge in [0.25, 0.3) is 0 Å². The summed E-state index contributed by atoms with van der Waals surface area (Å²) in [6.07, 6.45) is 6.21. The topological polar surface area (TPSA) is 23.8 Å². The van der Waals surface area contributed by atoms with Crippen LogP contribution < -0.4 is 0 Å². The van der Waals surface area contributed by atoms with Gasteiger partial charge in [-0.05, 0) is 38.0 Å². The van der Waals surface area contributed by atoms with Gasteiger partial charge in [-0.3, -0.25) is 0 Å². The summed E-state index contributed by atoms with van der Waals surface area (Å²) in [7, 11) is 0. The highest BCUT2D eigenvalue weighted by Gasteiger charge is 2.35. The summed E-state index contributed by atoms with van der Waals surface area (Å²) in [5.74, 6) is 1.48. The molecule has 3 atom stereocenters. The van der Waals surface area contributed by atoms with E-state index in [-0.39, 0.29) is 5.41 Å². The summed E-state index contributed by atoms with van der Waals surface area (Å²) in [4.78, 5) is 0. The van der Waals surface area contributed by atoms with Gasteiger partial charge in [-0.2, -0.15) is 5.26 Å². The van der Waals surface area contributed by atoms with Crippen molar-refractivity contribution >= 4 is 0 Å². The van der Waals surface area contributed by atoms with Crippen LogP contribution in [0.5, 0.6) is 0 Å². The zero-order valence-electron chi connectivity index (χ0n) is 9.14. The fourth-order valence-electron chi connectivity index (χ4n) is 2.47. The first-order valence-corrected chi connectivity index (χ1v) is 5.53. The maximum absolute atomic E-state index is 9.17. The Hall–Kier alpha value is -0.510. The second-order valence-electron chi connectivity index (χ2n) is 4.85. The predicted molar refractivity (Wildman–Crippen MR) is 55.1 cm³/mol. The third kappa shape index (κ3) is 2.24. The molecule has 1 aliphatic carbocycles. The lowest BCUT2D eigenvalue weighted by Gasteiger charge is -2.36. The second-order valence-corrected chi connectivity index (χ2v) is 4.85. The Morgan fingerprint density at radius 3 is 2.62 bits per heavy atom. The van der Waals surface area contributed by atoms with Gasteiger partial charge in [-0.1, -0.05) is 26.7 Å². The highest BCUT2D eigenvalue weighted by molar-refractivity contribution is 5.00. The van der Waals surface area contributed by atoms with Gasteiger partial charge < -0.3 is 0 Å². The fourth-order valence-corrected chi connectivity index (χ4v) is 2.47. The molecule has 1 nitrogen and oxygen atoms in total. The maximum atomic E-state index is 9.17. The zero-order valence-corrected chi connectivity index (χ0v) is 9.14. The molecule has 0 bridgehead atoms. The maximum Gasteiger partial charge on any atom is 0.0689 e. The number of nitrogens with zero attached hydrogens (tertiary/aromatic N) is 1. The standard InChI is InChI=1S/C12H21N/c1-4-12(3,9-13)11-7-5-6-10(2)8-11/h10-11H,4-8H2,1-3H3. The minimum atomic E-state index is -0.0608. The van der Waals surface area contributed by atoms with Crippen molar-refractivity contribution in [1.82, 2.24) is 0 Å². The first-order valence-electron chi connectivity index (χ1n) is 5.53. The molecule has 0 aromatic carbocycles. The Morgan fingerprint density at radius 1 is 1.46 bits per heavy atom. The van der Waals surface area contributed by atoms with E-state index in [0.29, 0.717) is 5.92 Å². The molecular weight excluding hydrogens is 158 g/mol. The SMILES string of the molecule is CCC(C)(C#N)C1CCCC(C)C1. The van der Waals surface area contributed by atoms with Crippen LogP contribution >= 0.6 is 0 Å². The summed E-state index contributed by atoms with van der Waals surface area (Å²) in [6, 6.07) is 2.52. The van der Waals surface area contributed by atoms with E-state index in [2.05, 4.69) is 26.8 Å². The van der Waals surface area contributed by atoms with Gasteiger partial charge >= 0.3 is 0 Å². The van der Waals surface area contributed by atoms with E-state index >= 15 is 0 Å². The van der Waals surface area contributed by atoms with E-state index in [1.54, 1.807) is 0 Å². The van der Waals surface area contributed by atoms with E-state index < -0.39 is 0 Å². The highest BCUT2D eigenvalue weighted by Crippen LogP contribution is 2.42. The van der Waals surface area contributed by atoms with Crippen LogP contribution in [0.2, 0.25) is 0 Å². The molecular formula is C12H21N. The molecule has 0 aromatic heterocycles. The quantitative estimate of drug-likeness (QED) is 0.633. The summed E-state index contributed by atoms with van der Waals surface area (Å²) in [6.45, 7) is 6.60. The number of hydrogen-bond acceptors (Lipinski definition) is 1. The summed E-state index contributed by atoms with van der Waals surface area (Å²) >= 11 is 0. The van der Waals surface area contributed by atoms with Crippen LogP contribution in [-0.4, -0.2) is 0 Å². The zero-order chi connectivity index (χ0) is 9.90. The van der Waals surface area contributed by atoms with Gasteiger partial charge in [0.1, 0.15) is 0 Å². The largest absolute Gasteiger partial charge is 0.198 e. The van der Waals surface area contributed by atoms with Gasteiger partial charge in [-0.15, -0.1) is 0 Å². The monoisotopic (exact) mass is 179 g/mol. The Kier molecular flexibility index (Phi) is 3.36. The fraction of sp³-hybridized carbons (Fsp3) is 0.917. The van der Waals surface area contributed by atoms with Crippen LogP contribution in [0.4, 0.5) is 0 Å². The van der Waals surface area contributed by atoms with Crippen molar-refractivity contribution in [3.63, 3.8) is 0 Å². The first kappa shape index (κ1) is 10.6. The summed E-state index contributed by atoms with van der Waals surface area (Å²) in [5, 5.41) is 9.17. The average molecular weight is 179 g/mol. The van der Waals surface area contributed by atoms with Crippen LogP contribution in [0.15, 0.2) is 0 Å². The van der Waals surface area contributed by atoms with Crippen molar-refractivity contribution in [2.24, 2.45) is 17.3 Å². The molecule has 0 N–H and O–H groups in total. The van der Waals surface area contributed by atoms with Gasteiger partial charge in [0.05, 0.1) is 11.5 Å². The molecule has 1 fully saturated rings. The molecule has 0 saturated heterocycles. The van der Waals surface area contributed by atoms with Crippen molar-refractivity contribution in [3.05, 3.63) is 0 Å². The van der Waals surface area contributed by atoms with Crippen molar-refractivity contribution < 1.29 is 0 Å². The van der Waals surface area contributed by atoms with E-state index in [1.165, 1.54) is 25.7 Å². The molecule has 1 heteroatoms. The number of rotatable bonds is 2. The van der Waals surface area contributed by atoms with Crippen molar-refractivity contribution in [2.75, 3.05) is 0 Å². The van der Waals surface area contributed by atoms with E-state index in [9.17, 15) is 5.26 Å². The lowest BCUT2D eigenvalue weighted by Crippen LogP contribution is -2.29. The molecule has 0 amide bonds. The lowest BCUT2D eigenvalue weighted by molar-refractivity contribution is 0.159. The van der Waals surface area contributed by atoms with Crippen LogP contribution in [0.25, 0.3) is 0 Å². The molecule has 3 unspecified atom stereocenters. The Balaban J connectivity index is 2.64. The van der Waals surface area contributed by atoms with E-state index in [4.69, 9.17) is 0 Å². The molecule has 0 heterocycles. The van der Waals surface area contributed by atoms with E-state index in [0.717, 1.165) is 12.3 Å². The van der Waals surface area contributed by atoms with Gasteiger partial charge in [0.2, 0.25) is 0 Å².